The van der Waals surface area contributed by atoms with Crippen molar-refractivity contribution >= 4 is 16.0 Å². The fourth-order valence-electron chi connectivity index (χ4n) is 1.56. The number of ether oxygens (including phenoxy) is 1. The molecule has 1 N–H and O–H groups in total. The molecule has 0 radical (unpaired) electrons. The van der Waals surface area contributed by atoms with E-state index < -0.39 is 16.0 Å². The predicted octanol–water partition coefficient (Wildman–Crippen LogP) is 1.10. The number of carbonyl (C=O) groups is 1. The van der Waals surface area contributed by atoms with Gasteiger partial charge in [-0.25, -0.2) is 13.1 Å². The lowest BCUT2D eigenvalue weighted by molar-refractivity contribution is -0.142. The molecule has 0 fully saturated rings. The van der Waals surface area contributed by atoms with Crippen LogP contribution in [0, 0.1) is 18.3 Å². The molecule has 0 aromatic heterocycles. The quantitative estimate of drug-likeness (QED) is 0.793. The van der Waals surface area contributed by atoms with Gasteiger partial charge in [0, 0.05) is 6.54 Å². The summed E-state index contributed by atoms with van der Waals surface area (Å²) in [5.41, 5.74) is 0.800. The van der Waals surface area contributed by atoms with Gasteiger partial charge in [0.05, 0.1) is 29.6 Å². The summed E-state index contributed by atoms with van der Waals surface area (Å²) in [5.74, 6) is -0.460. The van der Waals surface area contributed by atoms with Crippen molar-refractivity contribution < 1.29 is 17.9 Å². The minimum absolute atomic E-state index is 0.0376. The van der Waals surface area contributed by atoms with Gasteiger partial charge in [0.2, 0.25) is 10.0 Å². The van der Waals surface area contributed by atoms with Crippen LogP contribution in [0.2, 0.25) is 0 Å². The van der Waals surface area contributed by atoms with E-state index in [0.29, 0.717) is 5.56 Å². The number of esters is 1. The smallest absolute Gasteiger partial charge is 0.307 e. The molecule has 0 spiro atoms. The Balaban J connectivity index is 2.79. The Kier molecular flexibility index (Phi) is 5.67. The van der Waals surface area contributed by atoms with Gasteiger partial charge in [0.25, 0.3) is 0 Å². The second-order valence-corrected chi connectivity index (χ2v) is 5.78. The van der Waals surface area contributed by atoms with Crippen LogP contribution in [0.15, 0.2) is 23.1 Å². The molecule has 0 aliphatic heterocycles. The normalized spacial score (nSPS) is 10.8. The fraction of sp³-hybridized carbons (Fsp3) is 0.385. The number of nitrogens with one attached hydrogen (secondary N) is 1. The molecule has 1 rings (SSSR count). The van der Waals surface area contributed by atoms with Crippen molar-refractivity contribution in [3.63, 3.8) is 0 Å². The van der Waals surface area contributed by atoms with E-state index in [9.17, 15) is 13.2 Å². The molecule has 1 aromatic rings. The first-order valence-electron chi connectivity index (χ1n) is 6.06. The molecule has 0 saturated heterocycles. The standard InChI is InChI=1S/C13H16N2O4S/c1-3-19-13(16)6-7-15-20(17,18)12-8-11(9-14)5-4-10(12)2/h4-5,8,15H,3,6-7H2,1-2H3. The third-order valence-electron chi connectivity index (χ3n) is 2.53. The van der Waals surface area contributed by atoms with Crippen LogP contribution >= 0.6 is 0 Å². The van der Waals surface area contributed by atoms with Gasteiger partial charge in [-0.3, -0.25) is 4.79 Å². The minimum atomic E-state index is -3.74. The third-order valence-corrected chi connectivity index (χ3v) is 4.14. The monoisotopic (exact) mass is 296 g/mol. The van der Waals surface area contributed by atoms with E-state index in [2.05, 4.69) is 4.72 Å². The van der Waals surface area contributed by atoms with Gasteiger partial charge in [-0.05, 0) is 31.5 Å². The first kappa shape index (κ1) is 16.1. The summed E-state index contributed by atoms with van der Waals surface area (Å²) >= 11 is 0. The van der Waals surface area contributed by atoms with Gasteiger partial charge < -0.3 is 4.74 Å². The maximum atomic E-state index is 12.1. The summed E-state index contributed by atoms with van der Waals surface area (Å²) in [4.78, 5) is 11.2. The zero-order valence-corrected chi connectivity index (χ0v) is 12.2. The second-order valence-electron chi connectivity index (χ2n) is 4.04. The molecule has 0 unspecified atom stereocenters. The third kappa shape index (κ3) is 4.33. The highest BCUT2D eigenvalue weighted by Crippen LogP contribution is 2.16. The molecule has 0 aliphatic rings. The number of nitriles is 1. The van der Waals surface area contributed by atoms with Crippen molar-refractivity contribution in [2.24, 2.45) is 0 Å². The Hall–Kier alpha value is -1.91. The van der Waals surface area contributed by atoms with Crippen LogP contribution in [-0.2, 0) is 19.6 Å². The van der Waals surface area contributed by atoms with Crippen molar-refractivity contribution in [3.05, 3.63) is 29.3 Å². The minimum Gasteiger partial charge on any atom is -0.466 e. The first-order valence-corrected chi connectivity index (χ1v) is 7.55. The Bertz CT molecular complexity index is 632. The van der Waals surface area contributed by atoms with E-state index in [0.717, 1.165) is 0 Å². The molecule has 7 heteroatoms. The summed E-state index contributed by atoms with van der Waals surface area (Å²) in [6, 6.07) is 6.32. The first-order chi connectivity index (χ1) is 9.40. The topological polar surface area (TPSA) is 96.3 Å². The zero-order valence-electron chi connectivity index (χ0n) is 11.3. The lowest BCUT2D eigenvalue weighted by Crippen LogP contribution is -2.27. The van der Waals surface area contributed by atoms with Gasteiger partial charge in [-0.2, -0.15) is 5.26 Å². The number of benzene rings is 1. The molecule has 0 saturated carbocycles. The van der Waals surface area contributed by atoms with Gasteiger partial charge in [-0.15, -0.1) is 0 Å². The highest BCUT2D eigenvalue weighted by Gasteiger charge is 2.17. The highest BCUT2D eigenvalue weighted by atomic mass is 32.2. The summed E-state index contributed by atoms with van der Waals surface area (Å²) in [5, 5.41) is 8.80. The van der Waals surface area contributed by atoms with Crippen LogP contribution in [0.25, 0.3) is 0 Å². The second kappa shape index (κ2) is 7.03. The molecule has 6 nitrogen and oxygen atoms in total. The van der Waals surface area contributed by atoms with Crippen LogP contribution < -0.4 is 4.72 Å². The maximum absolute atomic E-state index is 12.1. The van der Waals surface area contributed by atoms with Gasteiger partial charge in [0.15, 0.2) is 0 Å². The van der Waals surface area contributed by atoms with Crippen molar-refractivity contribution in [1.29, 1.82) is 5.26 Å². The summed E-state index contributed by atoms with van der Waals surface area (Å²) in [7, 11) is -3.74. The Morgan fingerprint density at radius 2 is 2.15 bits per heavy atom. The molecular formula is C13H16N2O4S. The predicted molar refractivity (Wildman–Crippen MR) is 72.3 cm³/mol. The van der Waals surface area contributed by atoms with Crippen molar-refractivity contribution in [3.8, 4) is 6.07 Å². The summed E-state index contributed by atoms with van der Waals surface area (Å²) < 4.78 is 31.2. The summed E-state index contributed by atoms with van der Waals surface area (Å²) in [6.07, 6.45) is -0.0376. The van der Waals surface area contributed by atoms with Crippen molar-refractivity contribution in [1.82, 2.24) is 4.72 Å². The molecule has 108 valence electrons. The molecule has 0 amide bonds. The number of nitrogens with zero attached hydrogens (tertiary/aromatic N) is 1. The maximum Gasteiger partial charge on any atom is 0.307 e. The van der Waals surface area contributed by atoms with E-state index in [1.807, 2.05) is 6.07 Å². The number of hydrogen-bond acceptors (Lipinski definition) is 5. The Morgan fingerprint density at radius 1 is 1.45 bits per heavy atom. The van der Waals surface area contributed by atoms with Crippen LogP contribution in [0.5, 0.6) is 0 Å². The molecule has 20 heavy (non-hydrogen) atoms. The van der Waals surface area contributed by atoms with E-state index in [-0.39, 0.29) is 30.0 Å². The molecule has 0 atom stereocenters. The molecule has 0 heterocycles. The number of rotatable bonds is 6. The SMILES string of the molecule is CCOC(=O)CCNS(=O)(=O)c1cc(C#N)ccc1C. The molecule has 0 aliphatic carbocycles. The van der Waals surface area contributed by atoms with E-state index >= 15 is 0 Å². The molecule has 1 aromatic carbocycles. The van der Waals surface area contributed by atoms with Crippen molar-refractivity contribution in [2.75, 3.05) is 13.2 Å². The van der Waals surface area contributed by atoms with Crippen LogP contribution in [-0.4, -0.2) is 27.5 Å². The fourth-order valence-corrected chi connectivity index (χ4v) is 2.86. The van der Waals surface area contributed by atoms with Gasteiger partial charge in [-0.1, -0.05) is 6.07 Å². The van der Waals surface area contributed by atoms with Gasteiger partial charge in [0.1, 0.15) is 0 Å². The molecular weight excluding hydrogens is 280 g/mol. The van der Waals surface area contributed by atoms with E-state index in [4.69, 9.17) is 10.00 Å². The number of aryl methyl sites for hydroxylation is 1. The van der Waals surface area contributed by atoms with Crippen LogP contribution in [0.1, 0.15) is 24.5 Å². The van der Waals surface area contributed by atoms with E-state index in [1.165, 1.54) is 6.07 Å². The van der Waals surface area contributed by atoms with Gasteiger partial charge >= 0.3 is 5.97 Å². The lowest BCUT2D eigenvalue weighted by atomic mass is 10.2. The van der Waals surface area contributed by atoms with Crippen LogP contribution in [0.4, 0.5) is 0 Å². The lowest BCUT2D eigenvalue weighted by Gasteiger charge is -2.09. The summed E-state index contributed by atoms with van der Waals surface area (Å²) in [6.45, 7) is 3.53. The largest absolute Gasteiger partial charge is 0.466 e. The average molecular weight is 296 g/mol. The van der Waals surface area contributed by atoms with E-state index in [1.54, 1.807) is 26.0 Å². The highest BCUT2D eigenvalue weighted by molar-refractivity contribution is 7.89. The van der Waals surface area contributed by atoms with Crippen LogP contribution in [0.3, 0.4) is 0 Å². The Labute approximate surface area is 118 Å². The Morgan fingerprint density at radius 3 is 2.75 bits per heavy atom. The molecule has 0 bridgehead atoms. The average Bonchev–Trinajstić information content (AvgIpc) is 2.39. The number of hydrogen-bond donors (Lipinski definition) is 1. The number of carbonyl (C=O) groups excluding carboxylic acids is 1. The number of sulfonamides is 1. The zero-order chi connectivity index (χ0) is 15.2. The van der Waals surface area contributed by atoms with Crippen molar-refractivity contribution in [2.45, 2.75) is 25.2 Å².